The lowest BCUT2D eigenvalue weighted by atomic mass is 10.2. The lowest BCUT2D eigenvalue weighted by molar-refractivity contribution is -0.128. The first-order chi connectivity index (χ1) is 8.16. The fourth-order valence-electron chi connectivity index (χ4n) is 2.46. The van der Waals surface area contributed by atoms with Crippen LogP contribution in [0, 0.1) is 0 Å². The molecule has 2 fully saturated rings. The number of thioether (sulfide) groups is 1. The van der Waals surface area contributed by atoms with Crippen molar-refractivity contribution in [1.82, 2.24) is 9.80 Å². The van der Waals surface area contributed by atoms with Gasteiger partial charge in [0.25, 0.3) is 0 Å². The third-order valence-electron chi connectivity index (χ3n) is 3.46. The van der Waals surface area contributed by atoms with Gasteiger partial charge in [0.05, 0.1) is 0 Å². The van der Waals surface area contributed by atoms with Crippen LogP contribution in [-0.2, 0) is 4.79 Å². The average Bonchev–Trinajstić information content (AvgIpc) is 2.82. The molecule has 0 aromatic heterocycles. The van der Waals surface area contributed by atoms with Crippen molar-refractivity contribution in [3.63, 3.8) is 0 Å². The van der Waals surface area contributed by atoms with E-state index >= 15 is 0 Å². The molecule has 1 amide bonds. The van der Waals surface area contributed by atoms with Gasteiger partial charge in [-0.15, -0.1) is 0 Å². The van der Waals surface area contributed by atoms with Crippen molar-refractivity contribution in [1.29, 1.82) is 0 Å². The summed E-state index contributed by atoms with van der Waals surface area (Å²) in [6.45, 7) is 7.84. The van der Waals surface area contributed by atoms with Gasteiger partial charge in [0.15, 0.2) is 0 Å². The molecular formula is C13H22N2OS. The van der Waals surface area contributed by atoms with E-state index in [1.165, 1.54) is 17.9 Å². The predicted molar refractivity (Wildman–Crippen MR) is 73.3 cm³/mol. The molecule has 2 heterocycles. The van der Waals surface area contributed by atoms with Crippen LogP contribution in [0.1, 0.15) is 20.3 Å². The predicted octanol–water partition coefficient (Wildman–Crippen LogP) is 1.60. The molecule has 4 heteroatoms. The van der Waals surface area contributed by atoms with Crippen LogP contribution in [0.3, 0.4) is 0 Å². The fourth-order valence-corrected chi connectivity index (χ4v) is 3.71. The van der Waals surface area contributed by atoms with Crippen molar-refractivity contribution in [3.05, 3.63) is 11.6 Å². The van der Waals surface area contributed by atoms with Gasteiger partial charge in [0.2, 0.25) is 5.91 Å². The monoisotopic (exact) mass is 254 g/mol. The summed E-state index contributed by atoms with van der Waals surface area (Å²) in [6.07, 6.45) is 3.08. The van der Waals surface area contributed by atoms with Gasteiger partial charge in [-0.05, 0) is 26.0 Å². The highest BCUT2D eigenvalue weighted by Gasteiger charge is 2.27. The van der Waals surface area contributed by atoms with Gasteiger partial charge in [-0.2, -0.15) is 11.8 Å². The van der Waals surface area contributed by atoms with Crippen LogP contribution in [0.5, 0.6) is 0 Å². The van der Waals surface area contributed by atoms with Crippen molar-refractivity contribution >= 4 is 17.7 Å². The molecular weight excluding hydrogens is 232 g/mol. The Morgan fingerprint density at radius 3 is 2.47 bits per heavy atom. The van der Waals surface area contributed by atoms with Crippen molar-refractivity contribution in [2.45, 2.75) is 26.3 Å². The van der Waals surface area contributed by atoms with E-state index in [9.17, 15) is 4.79 Å². The van der Waals surface area contributed by atoms with Gasteiger partial charge in [-0.25, -0.2) is 0 Å². The molecule has 96 valence electrons. The number of piperazine rings is 1. The Balaban J connectivity index is 1.81. The Morgan fingerprint density at radius 2 is 1.94 bits per heavy atom. The molecule has 0 aliphatic carbocycles. The number of nitrogens with zero attached hydrogens (tertiary/aromatic N) is 2. The number of allylic oxidation sites excluding steroid dienone is 1. The van der Waals surface area contributed by atoms with E-state index in [1.807, 2.05) is 18.7 Å². The molecule has 17 heavy (non-hydrogen) atoms. The molecule has 2 saturated heterocycles. The summed E-state index contributed by atoms with van der Waals surface area (Å²) in [4.78, 5) is 16.4. The zero-order valence-electron chi connectivity index (χ0n) is 10.8. The van der Waals surface area contributed by atoms with Crippen molar-refractivity contribution in [3.8, 4) is 0 Å². The van der Waals surface area contributed by atoms with Crippen LogP contribution in [0.15, 0.2) is 11.6 Å². The normalized spacial score (nSPS) is 26.0. The Kier molecular flexibility index (Phi) is 4.51. The van der Waals surface area contributed by atoms with E-state index in [0.717, 1.165) is 37.8 Å². The van der Waals surface area contributed by atoms with Crippen molar-refractivity contribution in [2.24, 2.45) is 0 Å². The zero-order valence-corrected chi connectivity index (χ0v) is 11.6. The van der Waals surface area contributed by atoms with Gasteiger partial charge >= 0.3 is 0 Å². The van der Waals surface area contributed by atoms with E-state index in [2.05, 4.69) is 16.7 Å². The van der Waals surface area contributed by atoms with E-state index < -0.39 is 0 Å². The van der Waals surface area contributed by atoms with Crippen molar-refractivity contribution in [2.75, 3.05) is 37.7 Å². The van der Waals surface area contributed by atoms with Gasteiger partial charge < -0.3 is 4.90 Å². The molecule has 0 N–H and O–H groups in total. The first-order valence-electron chi connectivity index (χ1n) is 6.42. The molecule has 0 radical (unpaired) electrons. The summed E-state index contributed by atoms with van der Waals surface area (Å²) >= 11 is 2.06. The topological polar surface area (TPSA) is 23.6 Å². The largest absolute Gasteiger partial charge is 0.337 e. The van der Waals surface area contributed by atoms with E-state index in [-0.39, 0.29) is 5.91 Å². The number of carbonyl (C=O) groups excluding carboxylic acids is 1. The van der Waals surface area contributed by atoms with Gasteiger partial charge in [0.1, 0.15) is 0 Å². The van der Waals surface area contributed by atoms with Crippen LogP contribution >= 0.6 is 11.8 Å². The standard InChI is InChI=1S/C13H22N2OS/c1-11(2)9-13(16)15-6-4-14(5-7-15)12-3-8-17-10-12/h9,12H,3-8,10H2,1-2H3. The maximum absolute atomic E-state index is 11.9. The van der Waals surface area contributed by atoms with E-state index in [0.29, 0.717) is 0 Å². The quantitative estimate of drug-likeness (QED) is 0.699. The Labute approximate surface area is 108 Å². The highest BCUT2D eigenvalue weighted by atomic mass is 32.2. The van der Waals surface area contributed by atoms with Crippen LogP contribution < -0.4 is 0 Å². The summed E-state index contributed by atoms with van der Waals surface area (Å²) in [6, 6.07) is 0.765. The number of carbonyl (C=O) groups is 1. The minimum absolute atomic E-state index is 0.186. The zero-order chi connectivity index (χ0) is 12.3. The number of hydrogen-bond acceptors (Lipinski definition) is 3. The molecule has 0 aromatic rings. The first-order valence-corrected chi connectivity index (χ1v) is 7.58. The fraction of sp³-hybridized carbons (Fsp3) is 0.769. The summed E-state index contributed by atoms with van der Waals surface area (Å²) in [5, 5.41) is 0. The molecule has 0 aromatic carbocycles. The molecule has 2 aliphatic heterocycles. The average molecular weight is 254 g/mol. The van der Waals surface area contributed by atoms with E-state index in [4.69, 9.17) is 0 Å². The maximum atomic E-state index is 11.9. The minimum atomic E-state index is 0.186. The second-order valence-electron chi connectivity index (χ2n) is 5.10. The van der Waals surface area contributed by atoms with Gasteiger partial charge in [0, 0.05) is 44.0 Å². The lowest BCUT2D eigenvalue weighted by Crippen LogP contribution is -2.51. The summed E-state index contributed by atoms with van der Waals surface area (Å²) < 4.78 is 0. The van der Waals surface area contributed by atoms with E-state index in [1.54, 1.807) is 6.08 Å². The first kappa shape index (κ1) is 13.0. The Hall–Kier alpha value is -0.480. The van der Waals surface area contributed by atoms with Gasteiger partial charge in [-0.1, -0.05) is 5.57 Å². The molecule has 3 nitrogen and oxygen atoms in total. The third kappa shape index (κ3) is 3.49. The third-order valence-corrected chi connectivity index (χ3v) is 4.60. The molecule has 1 atom stereocenters. The van der Waals surface area contributed by atoms with Crippen LogP contribution in [0.25, 0.3) is 0 Å². The summed E-state index contributed by atoms with van der Waals surface area (Å²) in [5.41, 5.74) is 1.09. The van der Waals surface area contributed by atoms with Crippen LogP contribution in [-0.4, -0.2) is 59.4 Å². The Morgan fingerprint density at radius 1 is 1.24 bits per heavy atom. The number of amides is 1. The minimum Gasteiger partial charge on any atom is -0.337 e. The van der Waals surface area contributed by atoms with Crippen LogP contribution in [0.4, 0.5) is 0 Å². The molecule has 2 rings (SSSR count). The highest BCUT2D eigenvalue weighted by Crippen LogP contribution is 2.23. The number of hydrogen-bond donors (Lipinski definition) is 0. The van der Waals surface area contributed by atoms with Gasteiger partial charge in [-0.3, -0.25) is 9.69 Å². The lowest BCUT2D eigenvalue weighted by Gasteiger charge is -2.37. The van der Waals surface area contributed by atoms with Crippen molar-refractivity contribution < 1.29 is 4.79 Å². The Bertz CT molecular complexity index is 299. The molecule has 1 unspecified atom stereocenters. The maximum Gasteiger partial charge on any atom is 0.246 e. The SMILES string of the molecule is CC(C)=CC(=O)N1CCN(C2CCSC2)CC1. The second kappa shape index (κ2) is 5.91. The molecule has 0 saturated carbocycles. The molecule has 0 spiro atoms. The molecule has 0 bridgehead atoms. The van der Waals surface area contributed by atoms with Crippen LogP contribution in [0.2, 0.25) is 0 Å². The molecule has 2 aliphatic rings. The smallest absolute Gasteiger partial charge is 0.246 e. The highest BCUT2D eigenvalue weighted by molar-refractivity contribution is 7.99. The summed E-state index contributed by atoms with van der Waals surface area (Å²) in [7, 11) is 0. The second-order valence-corrected chi connectivity index (χ2v) is 6.25. The summed E-state index contributed by atoms with van der Waals surface area (Å²) in [5.74, 6) is 2.77. The number of rotatable bonds is 2.